The first kappa shape index (κ1) is 22.1. The van der Waals surface area contributed by atoms with E-state index in [0.717, 1.165) is 26.2 Å². The van der Waals surface area contributed by atoms with E-state index in [1.165, 1.54) is 10.6 Å². The van der Waals surface area contributed by atoms with Gasteiger partial charge in [-0.05, 0) is 30.3 Å². The van der Waals surface area contributed by atoms with Crippen molar-refractivity contribution in [2.24, 2.45) is 0 Å². The van der Waals surface area contributed by atoms with Crippen LogP contribution in [0.5, 0.6) is 5.88 Å². The van der Waals surface area contributed by atoms with Gasteiger partial charge in [0.25, 0.3) is 5.56 Å². The summed E-state index contributed by atoms with van der Waals surface area (Å²) >= 11 is 0. The minimum absolute atomic E-state index is 0. The summed E-state index contributed by atoms with van der Waals surface area (Å²) in [6.07, 6.45) is 1.23. The number of quaternary nitrogens is 1. The summed E-state index contributed by atoms with van der Waals surface area (Å²) in [5, 5.41) is 10.5. The molecule has 3 aromatic heterocycles. The van der Waals surface area contributed by atoms with Gasteiger partial charge in [-0.2, -0.15) is 4.98 Å². The number of rotatable bonds is 6. The van der Waals surface area contributed by atoms with Crippen molar-refractivity contribution in [1.82, 2.24) is 14.4 Å². The van der Waals surface area contributed by atoms with Crippen molar-refractivity contribution >= 4 is 22.4 Å². The van der Waals surface area contributed by atoms with Crippen LogP contribution >= 0.6 is 0 Å². The first-order valence-corrected chi connectivity index (χ1v) is 10.6. The van der Waals surface area contributed by atoms with Crippen molar-refractivity contribution in [2.45, 2.75) is 6.10 Å². The molecule has 0 radical (unpaired) electrons. The van der Waals surface area contributed by atoms with Gasteiger partial charge in [-0.1, -0.05) is 18.2 Å². The molecule has 1 aromatic carbocycles. The highest BCUT2D eigenvalue weighted by atomic mass is 35.5. The third-order valence-electron chi connectivity index (χ3n) is 5.85. The molecule has 0 amide bonds. The molecule has 1 atom stereocenters. The van der Waals surface area contributed by atoms with Crippen LogP contribution < -0.4 is 32.5 Å². The lowest BCUT2D eigenvalue weighted by Gasteiger charge is -2.34. The molecule has 1 saturated heterocycles. The average Bonchev–Trinajstić information content (AvgIpc) is 3.30. The average molecular weight is 456 g/mol. The first-order valence-electron chi connectivity index (χ1n) is 10.6. The second-order valence-electron chi connectivity index (χ2n) is 7.98. The number of anilines is 1. The number of hydrogen-bond donors (Lipinski definition) is 3. The summed E-state index contributed by atoms with van der Waals surface area (Å²) in [4.78, 5) is 23.2. The number of ether oxygens (including phenoxy) is 1. The molecule has 8 nitrogen and oxygen atoms in total. The standard InChI is InChI=1S/C23H25N5O3.ClH/c29-18(15-26-11-13-27(14-12-26)17-5-2-1-3-6-17)16-31-21-9-8-19-22(25-21)28-10-4-7-20(28)23(30)24-19;/h1-10,18,29H,11-16H2,(H,24,30);1H. The number of aromatic amines is 1. The van der Waals surface area contributed by atoms with Gasteiger partial charge in [0.15, 0.2) is 5.65 Å². The van der Waals surface area contributed by atoms with Crippen LogP contribution in [0.15, 0.2) is 65.6 Å². The zero-order valence-corrected chi connectivity index (χ0v) is 18.3. The van der Waals surface area contributed by atoms with Gasteiger partial charge >= 0.3 is 0 Å². The number of nitrogens with zero attached hydrogens (tertiary/aromatic N) is 3. The molecule has 5 rings (SSSR count). The monoisotopic (exact) mass is 455 g/mol. The Morgan fingerprint density at radius 1 is 1.09 bits per heavy atom. The van der Waals surface area contributed by atoms with Crippen LogP contribution in [0.2, 0.25) is 0 Å². The van der Waals surface area contributed by atoms with Gasteiger partial charge in [0, 0.05) is 18.0 Å². The van der Waals surface area contributed by atoms with E-state index < -0.39 is 6.10 Å². The largest absolute Gasteiger partial charge is 1.00 e. The zero-order chi connectivity index (χ0) is 21.2. The Morgan fingerprint density at radius 2 is 1.88 bits per heavy atom. The van der Waals surface area contributed by atoms with Crippen LogP contribution in [-0.2, 0) is 0 Å². The second kappa shape index (κ2) is 9.60. The molecule has 168 valence electrons. The van der Waals surface area contributed by atoms with E-state index in [0.29, 0.717) is 29.1 Å². The summed E-state index contributed by atoms with van der Waals surface area (Å²) in [6, 6.07) is 17.5. The Balaban J connectivity index is 0.00000245. The molecule has 4 heterocycles. The SMILES string of the molecule is O=c1[nH]c2ccc(OCC(O)C[NH+]3CCN(c4ccccc4)CC3)nc2n2cccc12.[Cl-]. The molecule has 1 fully saturated rings. The van der Waals surface area contributed by atoms with E-state index in [1.54, 1.807) is 28.8 Å². The van der Waals surface area contributed by atoms with Crippen LogP contribution in [0, 0.1) is 0 Å². The number of nitrogens with one attached hydrogen (secondary N) is 2. The Kier molecular flexibility index (Phi) is 6.64. The number of pyridine rings is 1. The van der Waals surface area contributed by atoms with E-state index in [4.69, 9.17) is 4.74 Å². The van der Waals surface area contributed by atoms with E-state index in [2.05, 4.69) is 39.1 Å². The van der Waals surface area contributed by atoms with Crippen LogP contribution in [-0.4, -0.2) is 64.9 Å². The molecule has 1 aliphatic heterocycles. The zero-order valence-electron chi connectivity index (χ0n) is 17.6. The molecule has 0 aliphatic carbocycles. The Bertz CT molecular complexity index is 1230. The smallest absolute Gasteiger partial charge is 0.272 e. The van der Waals surface area contributed by atoms with Crippen LogP contribution in [0.3, 0.4) is 0 Å². The summed E-state index contributed by atoms with van der Waals surface area (Å²) < 4.78 is 7.52. The van der Waals surface area contributed by atoms with Gasteiger partial charge in [0.2, 0.25) is 5.88 Å². The van der Waals surface area contributed by atoms with Gasteiger partial charge in [0.05, 0.1) is 31.7 Å². The van der Waals surface area contributed by atoms with Gasteiger partial charge in [-0.3, -0.25) is 9.20 Å². The highest BCUT2D eigenvalue weighted by Gasteiger charge is 2.23. The fourth-order valence-electron chi connectivity index (χ4n) is 4.23. The van der Waals surface area contributed by atoms with Gasteiger partial charge in [-0.25, -0.2) is 0 Å². The van der Waals surface area contributed by atoms with E-state index in [1.807, 2.05) is 12.1 Å². The molecule has 0 saturated carbocycles. The first-order chi connectivity index (χ1) is 15.2. The van der Waals surface area contributed by atoms with Crippen LogP contribution in [0.4, 0.5) is 5.69 Å². The molecule has 1 unspecified atom stereocenters. The number of fused-ring (bicyclic) bond motifs is 3. The molecular formula is C23H26ClN5O3. The third-order valence-corrected chi connectivity index (χ3v) is 5.85. The number of halogens is 1. The minimum atomic E-state index is -0.571. The topological polar surface area (TPSA) is 87.3 Å². The quantitative estimate of drug-likeness (QED) is 0.295. The van der Waals surface area contributed by atoms with Gasteiger partial charge in [-0.15, -0.1) is 0 Å². The molecule has 0 spiro atoms. The van der Waals surface area contributed by atoms with Crippen molar-refractivity contribution < 1.29 is 27.2 Å². The van der Waals surface area contributed by atoms with Crippen molar-refractivity contribution in [1.29, 1.82) is 0 Å². The van der Waals surface area contributed by atoms with Crippen molar-refractivity contribution in [3.8, 4) is 5.88 Å². The predicted octanol–water partition coefficient (Wildman–Crippen LogP) is -2.68. The molecule has 3 N–H and O–H groups in total. The van der Waals surface area contributed by atoms with Gasteiger partial charge < -0.3 is 37.0 Å². The fraction of sp³-hybridized carbons (Fsp3) is 0.304. The summed E-state index contributed by atoms with van der Waals surface area (Å²) in [5.74, 6) is 0.428. The molecule has 4 aromatic rings. The number of hydrogen-bond acceptors (Lipinski definition) is 5. The number of aromatic nitrogens is 3. The van der Waals surface area contributed by atoms with E-state index in [-0.39, 0.29) is 24.6 Å². The highest BCUT2D eigenvalue weighted by Crippen LogP contribution is 2.16. The molecular weight excluding hydrogens is 430 g/mol. The van der Waals surface area contributed by atoms with Crippen LogP contribution in [0.25, 0.3) is 16.7 Å². The number of piperazine rings is 1. The van der Waals surface area contributed by atoms with Crippen molar-refractivity contribution in [3.63, 3.8) is 0 Å². The van der Waals surface area contributed by atoms with Gasteiger partial charge in [0.1, 0.15) is 24.8 Å². The molecule has 1 aliphatic rings. The van der Waals surface area contributed by atoms with Crippen molar-refractivity contribution in [3.05, 3.63) is 71.1 Å². The summed E-state index contributed by atoms with van der Waals surface area (Å²) in [5.41, 5.74) is 2.90. The maximum absolute atomic E-state index is 12.1. The Labute approximate surface area is 191 Å². The van der Waals surface area contributed by atoms with E-state index in [9.17, 15) is 9.90 Å². The highest BCUT2D eigenvalue weighted by molar-refractivity contribution is 5.74. The number of benzene rings is 1. The Hall–Kier alpha value is -3.07. The summed E-state index contributed by atoms with van der Waals surface area (Å²) in [7, 11) is 0. The third kappa shape index (κ3) is 4.57. The summed E-state index contributed by atoms with van der Waals surface area (Å²) in [6.45, 7) is 4.75. The molecule has 9 heteroatoms. The maximum Gasteiger partial charge on any atom is 0.272 e. The number of para-hydroxylation sites is 1. The lowest BCUT2D eigenvalue weighted by atomic mass is 10.2. The molecule has 0 bridgehead atoms. The number of aliphatic hydroxyl groups excluding tert-OH is 1. The number of aliphatic hydroxyl groups is 1. The fourth-order valence-corrected chi connectivity index (χ4v) is 4.23. The Morgan fingerprint density at radius 3 is 2.66 bits per heavy atom. The normalized spacial score (nSPS) is 15.6. The van der Waals surface area contributed by atoms with Crippen molar-refractivity contribution in [2.75, 3.05) is 44.2 Å². The lowest BCUT2D eigenvalue weighted by Crippen LogP contribution is -3.16. The minimum Gasteiger partial charge on any atom is -1.00 e. The molecule has 32 heavy (non-hydrogen) atoms. The lowest BCUT2D eigenvalue weighted by molar-refractivity contribution is -0.903. The second-order valence-corrected chi connectivity index (χ2v) is 7.98. The maximum atomic E-state index is 12.1. The predicted molar refractivity (Wildman–Crippen MR) is 119 cm³/mol. The van der Waals surface area contributed by atoms with E-state index >= 15 is 0 Å². The number of H-pyrrole nitrogens is 1. The van der Waals surface area contributed by atoms with Crippen LogP contribution in [0.1, 0.15) is 0 Å².